The van der Waals surface area contributed by atoms with E-state index in [2.05, 4.69) is 16.0 Å². The number of carbonyl (C=O) groups excluding carboxylic acids is 3. The van der Waals surface area contributed by atoms with Gasteiger partial charge in [0.05, 0.1) is 5.02 Å². The van der Waals surface area contributed by atoms with Crippen molar-refractivity contribution in [2.45, 2.75) is 38.3 Å². The molecule has 0 saturated carbocycles. The zero-order valence-corrected chi connectivity index (χ0v) is 14.0. The Morgan fingerprint density at radius 2 is 2.21 bits per heavy atom. The highest BCUT2D eigenvalue weighted by Crippen LogP contribution is 2.15. The number of rotatable bonds is 5. The molecule has 2 atom stereocenters. The van der Waals surface area contributed by atoms with E-state index in [4.69, 9.17) is 11.6 Å². The summed E-state index contributed by atoms with van der Waals surface area (Å²) in [5.74, 6) is -1.54. The molecule has 2 rings (SSSR count). The Bertz CT molecular complexity index is 653. The van der Waals surface area contributed by atoms with E-state index in [-0.39, 0.29) is 35.0 Å². The molecule has 1 aliphatic rings. The Labute approximate surface area is 144 Å². The fraction of sp³-hybridized carbons (Fsp3) is 0.438. The van der Waals surface area contributed by atoms with Gasteiger partial charge in [0.15, 0.2) is 0 Å². The third-order valence-electron chi connectivity index (χ3n) is 3.69. The van der Waals surface area contributed by atoms with Gasteiger partial charge in [0, 0.05) is 24.6 Å². The lowest BCUT2D eigenvalue weighted by Gasteiger charge is -2.23. The average molecular weight is 356 g/mol. The predicted molar refractivity (Wildman–Crippen MR) is 87.1 cm³/mol. The molecule has 130 valence electrons. The van der Waals surface area contributed by atoms with Crippen LogP contribution < -0.4 is 16.0 Å². The molecule has 1 aromatic carbocycles. The molecule has 24 heavy (non-hydrogen) atoms. The van der Waals surface area contributed by atoms with Gasteiger partial charge in [0.1, 0.15) is 11.9 Å². The molecule has 0 aliphatic carbocycles. The lowest BCUT2D eigenvalue weighted by Crippen LogP contribution is -2.51. The van der Waals surface area contributed by atoms with Gasteiger partial charge in [-0.3, -0.25) is 14.4 Å². The maximum Gasteiger partial charge on any atom is 0.251 e. The van der Waals surface area contributed by atoms with Crippen LogP contribution in [-0.2, 0) is 9.59 Å². The summed E-state index contributed by atoms with van der Waals surface area (Å²) in [4.78, 5) is 35.3. The minimum atomic E-state index is -0.668. The minimum Gasteiger partial charge on any atom is -0.352 e. The highest BCUT2D eigenvalue weighted by Gasteiger charge is 2.24. The Balaban J connectivity index is 1.80. The molecule has 1 heterocycles. The van der Waals surface area contributed by atoms with Crippen LogP contribution in [0.3, 0.4) is 0 Å². The van der Waals surface area contributed by atoms with Gasteiger partial charge >= 0.3 is 0 Å². The van der Waals surface area contributed by atoms with Crippen molar-refractivity contribution in [2.24, 2.45) is 0 Å². The molecule has 0 unspecified atom stereocenters. The monoisotopic (exact) mass is 355 g/mol. The third-order valence-corrected chi connectivity index (χ3v) is 4.00. The van der Waals surface area contributed by atoms with Crippen LogP contribution in [0.25, 0.3) is 0 Å². The smallest absolute Gasteiger partial charge is 0.251 e. The number of hydrogen-bond acceptors (Lipinski definition) is 3. The van der Waals surface area contributed by atoms with E-state index in [0.717, 1.165) is 6.07 Å². The summed E-state index contributed by atoms with van der Waals surface area (Å²) in [7, 11) is 0. The van der Waals surface area contributed by atoms with Gasteiger partial charge in [-0.25, -0.2) is 4.39 Å². The van der Waals surface area contributed by atoms with Crippen LogP contribution in [0, 0.1) is 5.82 Å². The van der Waals surface area contributed by atoms with Gasteiger partial charge in [-0.1, -0.05) is 11.6 Å². The van der Waals surface area contributed by atoms with Crippen LogP contribution in [0.15, 0.2) is 18.2 Å². The molecule has 1 saturated heterocycles. The largest absolute Gasteiger partial charge is 0.352 e. The van der Waals surface area contributed by atoms with E-state index in [9.17, 15) is 18.8 Å². The molecule has 1 fully saturated rings. The van der Waals surface area contributed by atoms with E-state index >= 15 is 0 Å². The van der Waals surface area contributed by atoms with Gasteiger partial charge < -0.3 is 16.0 Å². The number of benzene rings is 1. The SMILES string of the molecule is C[C@@H](CNC(=O)[C@H]1CCCC(=O)N1)NC(=O)c1ccc(Cl)c(F)c1. The van der Waals surface area contributed by atoms with E-state index in [1.54, 1.807) is 6.92 Å². The maximum absolute atomic E-state index is 13.4. The Hall–Kier alpha value is -2.15. The molecular formula is C16H19ClFN3O3. The first-order valence-electron chi connectivity index (χ1n) is 7.70. The fourth-order valence-electron chi connectivity index (χ4n) is 2.37. The molecule has 0 radical (unpaired) electrons. The summed E-state index contributed by atoms with van der Waals surface area (Å²) in [6.07, 6.45) is 1.72. The van der Waals surface area contributed by atoms with Crippen LogP contribution in [0.5, 0.6) is 0 Å². The predicted octanol–water partition coefficient (Wildman–Crippen LogP) is 1.38. The van der Waals surface area contributed by atoms with E-state index in [1.165, 1.54) is 12.1 Å². The zero-order chi connectivity index (χ0) is 17.7. The van der Waals surface area contributed by atoms with Crippen LogP contribution >= 0.6 is 11.6 Å². The standard InChI is InChI=1S/C16H19ClFN3O3/c1-9(8-19-16(24)13-3-2-4-14(22)21-13)20-15(23)10-5-6-11(17)12(18)7-10/h5-7,9,13H,2-4,8H2,1H3,(H,19,24)(H,20,23)(H,21,22)/t9-,13+/m0/s1. The van der Waals surface area contributed by atoms with Crippen molar-refractivity contribution in [1.82, 2.24) is 16.0 Å². The van der Waals surface area contributed by atoms with Crippen LogP contribution in [0.1, 0.15) is 36.5 Å². The number of carbonyl (C=O) groups is 3. The number of amides is 3. The minimum absolute atomic E-state index is 0.0543. The molecule has 6 nitrogen and oxygen atoms in total. The zero-order valence-electron chi connectivity index (χ0n) is 13.2. The van der Waals surface area contributed by atoms with Gasteiger partial charge in [-0.2, -0.15) is 0 Å². The summed E-state index contributed by atoms with van der Waals surface area (Å²) in [6, 6.07) is 2.90. The summed E-state index contributed by atoms with van der Waals surface area (Å²) in [5.41, 5.74) is 0.148. The maximum atomic E-state index is 13.4. The first-order chi connectivity index (χ1) is 11.4. The fourth-order valence-corrected chi connectivity index (χ4v) is 2.49. The van der Waals surface area contributed by atoms with Crippen molar-refractivity contribution in [3.05, 3.63) is 34.6 Å². The topological polar surface area (TPSA) is 87.3 Å². The number of hydrogen-bond donors (Lipinski definition) is 3. The Morgan fingerprint density at radius 3 is 2.88 bits per heavy atom. The second-order valence-corrected chi connectivity index (χ2v) is 6.17. The first kappa shape index (κ1) is 18.2. The van der Waals surface area contributed by atoms with Crippen molar-refractivity contribution >= 4 is 29.3 Å². The van der Waals surface area contributed by atoms with Gasteiger partial charge in [-0.15, -0.1) is 0 Å². The average Bonchev–Trinajstić information content (AvgIpc) is 2.55. The highest BCUT2D eigenvalue weighted by atomic mass is 35.5. The van der Waals surface area contributed by atoms with Gasteiger partial charge in [0.25, 0.3) is 5.91 Å². The van der Waals surface area contributed by atoms with Crippen molar-refractivity contribution in [1.29, 1.82) is 0 Å². The summed E-state index contributed by atoms with van der Waals surface area (Å²) >= 11 is 5.58. The molecule has 1 aromatic rings. The van der Waals surface area contributed by atoms with Gasteiger partial charge in [0.2, 0.25) is 11.8 Å². The summed E-state index contributed by atoms with van der Waals surface area (Å²) in [5, 5.41) is 7.92. The lowest BCUT2D eigenvalue weighted by atomic mass is 10.0. The second kappa shape index (κ2) is 8.10. The van der Waals surface area contributed by atoms with E-state index in [0.29, 0.717) is 19.3 Å². The van der Waals surface area contributed by atoms with Crippen LogP contribution in [0.2, 0.25) is 5.02 Å². The number of nitrogens with one attached hydrogen (secondary N) is 3. The molecular weight excluding hydrogens is 337 g/mol. The van der Waals surface area contributed by atoms with Crippen LogP contribution in [-0.4, -0.2) is 36.3 Å². The summed E-state index contributed by atoms with van der Waals surface area (Å²) in [6.45, 7) is 1.91. The van der Waals surface area contributed by atoms with Gasteiger partial charge in [-0.05, 0) is 38.0 Å². The molecule has 3 amide bonds. The van der Waals surface area contributed by atoms with Crippen molar-refractivity contribution in [3.63, 3.8) is 0 Å². The molecule has 3 N–H and O–H groups in total. The first-order valence-corrected chi connectivity index (χ1v) is 8.07. The Kier molecular flexibility index (Phi) is 6.14. The van der Waals surface area contributed by atoms with Crippen molar-refractivity contribution < 1.29 is 18.8 Å². The number of piperidine rings is 1. The van der Waals surface area contributed by atoms with Crippen molar-refractivity contribution in [2.75, 3.05) is 6.54 Å². The molecule has 0 spiro atoms. The lowest BCUT2D eigenvalue weighted by molar-refractivity contribution is -0.131. The van der Waals surface area contributed by atoms with Crippen LogP contribution in [0.4, 0.5) is 4.39 Å². The molecule has 1 aliphatic heterocycles. The molecule has 0 aromatic heterocycles. The number of halogens is 2. The summed E-state index contributed by atoms with van der Waals surface area (Å²) < 4.78 is 13.4. The van der Waals surface area contributed by atoms with E-state index in [1.807, 2.05) is 0 Å². The normalized spacial score (nSPS) is 18.5. The molecule has 0 bridgehead atoms. The van der Waals surface area contributed by atoms with Crippen molar-refractivity contribution in [3.8, 4) is 0 Å². The quantitative estimate of drug-likeness (QED) is 0.745. The van der Waals surface area contributed by atoms with E-state index < -0.39 is 17.8 Å². The Morgan fingerprint density at radius 1 is 1.46 bits per heavy atom. The second-order valence-electron chi connectivity index (χ2n) is 5.76. The molecule has 8 heteroatoms. The highest BCUT2D eigenvalue weighted by molar-refractivity contribution is 6.30. The third kappa shape index (κ3) is 4.92.